The molecule has 5 nitrogen and oxygen atoms in total. The molecule has 0 bridgehead atoms. The Morgan fingerprint density at radius 2 is 1.71 bits per heavy atom. The summed E-state index contributed by atoms with van der Waals surface area (Å²) >= 11 is 11.9. The van der Waals surface area contributed by atoms with Gasteiger partial charge in [-0.25, -0.2) is 0 Å². The minimum atomic E-state index is -0.659. The van der Waals surface area contributed by atoms with E-state index in [2.05, 4.69) is 5.32 Å². The van der Waals surface area contributed by atoms with Crippen LogP contribution in [0.15, 0.2) is 48.5 Å². The van der Waals surface area contributed by atoms with Gasteiger partial charge in [-0.05, 0) is 56.7 Å². The average molecular weight is 423 g/mol. The molecule has 0 aliphatic rings. The molecule has 0 aromatic heterocycles. The summed E-state index contributed by atoms with van der Waals surface area (Å²) in [5, 5.41) is 3.97. The zero-order chi connectivity index (χ0) is 20.7. The highest BCUT2D eigenvalue weighted by molar-refractivity contribution is 6.30. The van der Waals surface area contributed by atoms with Crippen LogP contribution in [0.1, 0.15) is 26.3 Å². The van der Waals surface area contributed by atoms with Crippen LogP contribution in [-0.4, -0.2) is 35.4 Å². The van der Waals surface area contributed by atoms with E-state index in [1.165, 1.54) is 4.90 Å². The van der Waals surface area contributed by atoms with Crippen LogP contribution in [0.4, 0.5) is 0 Å². The molecule has 0 unspecified atom stereocenters. The van der Waals surface area contributed by atoms with E-state index in [1.54, 1.807) is 43.3 Å². The van der Waals surface area contributed by atoms with Crippen molar-refractivity contribution in [2.75, 3.05) is 6.61 Å². The van der Waals surface area contributed by atoms with Crippen LogP contribution >= 0.6 is 23.2 Å². The number of amides is 2. The van der Waals surface area contributed by atoms with Crippen molar-refractivity contribution in [2.45, 2.75) is 39.4 Å². The van der Waals surface area contributed by atoms with Crippen molar-refractivity contribution < 1.29 is 14.3 Å². The lowest BCUT2D eigenvalue weighted by Crippen LogP contribution is -2.50. The highest BCUT2D eigenvalue weighted by Crippen LogP contribution is 2.18. The van der Waals surface area contributed by atoms with Crippen molar-refractivity contribution in [3.63, 3.8) is 0 Å². The second kappa shape index (κ2) is 10.3. The molecule has 1 N–H and O–H groups in total. The number of nitrogens with zero attached hydrogens (tertiary/aromatic N) is 1. The predicted molar refractivity (Wildman–Crippen MR) is 112 cm³/mol. The number of carbonyl (C=O) groups excluding carboxylic acids is 2. The van der Waals surface area contributed by atoms with Gasteiger partial charge in [0.2, 0.25) is 5.91 Å². The maximum absolute atomic E-state index is 12.9. The summed E-state index contributed by atoms with van der Waals surface area (Å²) in [7, 11) is 0. The summed E-state index contributed by atoms with van der Waals surface area (Å²) in [6, 6.07) is 13.3. The predicted octanol–water partition coefficient (Wildman–Crippen LogP) is 4.31. The van der Waals surface area contributed by atoms with Gasteiger partial charge in [0.1, 0.15) is 11.8 Å². The molecule has 150 valence electrons. The van der Waals surface area contributed by atoms with Gasteiger partial charge in [-0.15, -0.1) is 0 Å². The molecule has 7 heteroatoms. The van der Waals surface area contributed by atoms with E-state index in [-0.39, 0.29) is 31.0 Å². The van der Waals surface area contributed by atoms with Crippen molar-refractivity contribution >= 4 is 35.0 Å². The summed E-state index contributed by atoms with van der Waals surface area (Å²) in [4.78, 5) is 26.8. The van der Waals surface area contributed by atoms with Crippen LogP contribution in [0.5, 0.6) is 5.75 Å². The lowest BCUT2D eigenvalue weighted by atomic mass is 10.1. The van der Waals surface area contributed by atoms with Gasteiger partial charge in [0.05, 0.1) is 0 Å². The third-order valence-electron chi connectivity index (χ3n) is 4.02. The lowest BCUT2D eigenvalue weighted by Gasteiger charge is -2.29. The van der Waals surface area contributed by atoms with E-state index < -0.39 is 6.04 Å². The van der Waals surface area contributed by atoms with Crippen LogP contribution in [-0.2, 0) is 16.1 Å². The Labute approximate surface area is 175 Å². The first kappa shape index (κ1) is 22.1. The minimum absolute atomic E-state index is 0.0230. The molecule has 0 fully saturated rings. The second-order valence-electron chi connectivity index (χ2n) is 6.73. The smallest absolute Gasteiger partial charge is 0.261 e. The van der Waals surface area contributed by atoms with Gasteiger partial charge in [0.25, 0.3) is 5.91 Å². The first-order chi connectivity index (χ1) is 13.3. The Morgan fingerprint density at radius 3 is 2.32 bits per heavy atom. The highest BCUT2D eigenvalue weighted by atomic mass is 35.5. The highest BCUT2D eigenvalue weighted by Gasteiger charge is 2.26. The van der Waals surface area contributed by atoms with E-state index >= 15 is 0 Å². The van der Waals surface area contributed by atoms with Crippen molar-refractivity contribution in [1.29, 1.82) is 0 Å². The number of nitrogens with one attached hydrogen (secondary N) is 1. The molecule has 2 amide bonds. The van der Waals surface area contributed by atoms with E-state index in [0.717, 1.165) is 5.56 Å². The van der Waals surface area contributed by atoms with Crippen LogP contribution in [0, 0.1) is 0 Å². The van der Waals surface area contributed by atoms with E-state index in [9.17, 15) is 9.59 Å². The Hall–Kier alpha value is -2.24. The standard InChI is InChI=1S/C21H24Cl2N2O3/c1-14(2)24-21(27)15(3)25(12-16-7-9-17(22)10-8-16)20(26)13-28-19-6-4-5-18(23)11-19/h4-11,14-15H,12-13H2,1-3H3,(H,24,27)/t15-/m1/s1. The summed E-state index contributed by atoms with van der Waals surface area (Å²) in [6.45, 7) is 5.51. The molecule has 1 atom stereocenters. The number of halogens is 2. The van der Waals surface area contributed by atoms with E-state index in [0.29, 0.717) is 15.8 Å². The van der Waals surface area contributed by atoms with E-state index in [4.69, 9.17) is 27.9 Å². The molecule has 0 aliphatic carbocycles. The average Bonchev–Trinajstić information content (AvgIpc) is 2.64. The molecule has 2 aromatic rings. The van der Waals surface area contributed by atoms with Gasteiger partial charge in [-0.3, -0.25) is 9.59 Å². The molecule has 0 spiro atoms. The molecular formula is C21H24Cl2N2O3. The molecule has 0 radical (unpaired) electrons. The number of carbonyl (C=O) groups is 2. The molecule has 0 saturated carbocycles. The molecule has 0 heterocycles. The first-order valence-electron chi connectivity index (χ1n) is 8.99. The maximum Gasteiger partial charge on any atom is 0.261 e. The quantitative estimate of drug-likeness (QED) is 0.688. The van der Waals surface area contributed by atoms with Crippen LogP contribution in [0.2, 0.25) is 10.0 Å². The number of ether oxygens (including phenoxy) is 1. The number of hydrogen-bond acceptors (Lipinski definition) is 3. The number of benzene rings is 2. The summed E-state index contributed by atoms with van der Waals surface area (Å²) in [6.07, 6.45) is 0. The summed E-state index contributed by atoms with van der Waals surface area (Å²) in [5.41, 5.74) is 0.865. The summed E-state index contributed by atoms with van der Waals surface area (Å²) in [5.74, 6) is -0.0343. The van der Waals surface area contributed by atoms with Crippen molar-refractivity contribution in [3.8, 4) is 5.75 Å². The van der Waals surface area contributed by atoms with Crippen LogP contribution < -0.4 is 10.1 Å². The molecule has 28 heavy (non-hydrogen) atoms. The fraction of sp³-hybridized carbons (Fsp3) is 0.333. The molecular weight excluding hydrogens is 399 g/mol. The van der Waals surface area contributed by atoms with Gasteiger partial charge < -0.3 is 15.0 Å². The van der Waals surface area contributed by atoms with Gasteiger partial charge >= 0.3 is 0 Å². The zero-order valence-electron chi connectivity index (χ0n) is 16.1. The topological polar surface area (TPSA) is 58.6 Å². The van der Waals surface area contributed by atoms with Gasteiger partial charge in [-0.1, -0.05) is 41.4 Å². The SMILES string of the molecule is CC(C)NC(=O)[C@@H](C)N(Cc1ccc(Cl)cc1)C(=O)COc1cccc(Cl)c1. The van der Waals surface area contributed by atoms with Gasteiger partial charge in [0, 0.05) is 22.6 Å². The number of hydrogen-bond donors (Lipinski definition) is 1. The third-order valence-corrected chi connectivity index (χ3v) is 4.51. The van der Waals surface area contributed by atoms with Gasteiger partial charge in [-0.2, -0.15) is 0 Å². The fourth-order valence-corrected chi connectivity index (χ4v) is 2.87. The largest absolute Gasteiger partial charge is 0.484 e. The molecule has 0 aliphatic heterocycles. The third kappa shape index (κ3) is 6.73. The van der Waals surface area contributed by atoms with Gasteiger partial charge in [0.15, 0.2) is 6.61 Å². The molecule has 2 rings (SSSR count). The van der Waals surface area contributed by atoms with Crippen LogP contribution in [0.25, 0.3) is 0 Å². The monoisotopic (exact) mass is 422 g/mol. The van der Waals surface area contributed by atoms with Crippen molar-refractivity contribution in [2.24, 2.45) is 0 Å². The Bertz CT molecular complexity index is 810. The second-order valence-corrected chi connectivity index (χ2v) is 7.61. The summed E-state index contributed by atoms with van der Waals surface area (Å²) < 4.78 is 5.57. The van der Waals surface area contributed by atoms with Crippen molar-refractivity contribution in [3.05, 3.63) is 64.1 Å². The van der Waals surface area contributed by atoms with E-state index in [1.807, 2.05) is 26.0 Å². The molecule has 0 saturated heterocycles. The Balaban J connectivity index is 2.14. The van der Waals surface area contributed by atoms with Crippen molar-refractivity contribution in [1.82, 2.24) is 10.2 Å². The zero-order valence-corrected chi connectivity index (χ0v) is 17.6. The fourth-order valence-electron chi connectivity index (χ4n) is 2.56. The normalized spacial score (nSPS) is 11.8. The Morgan fingerprint density at radius 1 is 1.04 bits per heavy atom. The molecule has 2 aromatic carbocycles. The lowest BCUT2D eigenvalue weighted by molar-refractivity contribution is -0.142. The first-order valence-corrected chi connectivity index (χ1v) is 9.74. The number of rotatable bonds is 8. The minimum Gasteiger partial charge on any atom is -0.484 e. The Kier molecular flexibility index (Phi) is 8.15. The van der Waals surface area contributed by atoms with Crippen LogP contribution in [0.3, 0.4) is 0 Å². The maximum atomic E-state index is 12.9.